The second-order valence-electron chi connectivity index (χ2n) is 5.51. The van der Waals surface area contributed by atoms with Crippen LogP contribution in [0.4, 0.5) is 23.2 Å². The minimum Gasteiger partial charge on any atom is -0.436 e. The molecular weight excluding hydrogens is 425 g/mol. The number of benzene rings is 1. The molecule has 0 bridgehead atoms. The number of nitrogens with zero attached hydrogens (tertiary/aromatic N) is 1. The molecule has 0 saturated carbocycles. The standard InChI is InChI=1S/C17H17F4N3O2.2ClH/c1-2-3-13(22)16(25)24-11-5-6-14(12(18)8-11)26-15-7-4-10(9-23-15)17(19,20)21;;/h4-9,13H,2-3,22H2,1H3,(H,24,25);2*1H. The van der Waals surface area contributed by atoms with Crippen LogP contribution in [-0.2, 0) is 11.0 Å². The highest BCUT2D eigenvalue weighted by atomic mass is 35.5. The zero-order chi connectivity index (χ0) is 19.3. The van der Waals surface area contributed by atoms with Crippen LogP contribution in [0.2, 0.25) is 0 Å². The van der Waals surface area contributed by atoms with Crippen LogP contribution < -0.4 is 15.8 Å². The van der Waals surface area contributed by atoms with Gasteiger partial charge in [-0.1, -0.05) is 13.3 Å². The van der Waals surface area contributed by atoms with E-state index in [2.05, 4.69) is 10.3 Å². The molecule has 1 amide bonds. The number of alkyl halides is 3. The Kier molecular flexibility index (Phi) is 10.2. The Morgan fingerprint density at radius 2 is 1.93 bits per heavy atom. The SMILES string of the molecule is CCCC(N)C(=O)Nc1ccc(Oc2ccc(C(F)(F)F)cn2)c(F)c1.Cl.Cl. The van der Waals surface area contributed by atoms with E-state index in [1.54, 1.807) is 0 Å². The number of anilines is 1. The molecule has 1 aromatic carbocycles. The highest BCUT2D eigenvalue weighted by Gasteiger charge is 2.30. The molecule has 156 valence electrons. The lowest BCUT2D eigenvalue weighted by atomic mass is 10.1. The van der Waals surface area contributed by atoms with Crippen molar-refractivity contribution >= 4 is 36.4 Å². The minimum absolute atomic E-state index is 0. The molecule has 0 spiro atoms. The van der Waals surface area contributed by atoms with Crippen molar-refractivity contribution in [3.63, 3.8) is 0 Å². The first-order valence-corrected chi connectivity index (χ1v) is 7.77. The summed E-state index contributed by atoms with van der Waals surface area (Å²) in [5.41, 5.74) is 4.92. The second kappa shape index (κ2) is 11.0. The lowest BCUT2D eigenvalue weighted by Crippen LogP contribution is -2.35. The molecule has 1 aromatic heterocycles. The highest BCUT2D eigenvalue weighted by molar-refractivity contribution is 5.94. The Morgan fingerprint density at radius 1 is 1.25 bits per heavy atom. The summed E-state index contributed by atoms with van der Waals surface area (Å²) in [5.74, 6) is -1.69. The van der Waals surface area contributed by atoms with Crippen LogP contribution in [0, 0.1) is 5.82 Å². The van der Waals surface area contributed by atoms with Gasteiger partial charge in [-0.05, 0) is 24.6 Å². The van der Waals surface area contributed by atoms with E-state index in [1.165, 1.54) is 12.1 Å². The quantitative estimate of drug-likeness (QED) is 0.619. The number of carbonyl (C=O) groups excluding carboxylic acids is 1. The number of ether oxygens (including phenoxy) is 1. The molecule has 0 radical (unpaired) electrons. The molecule has 0 saturated heterocycles. The maximum Gasteiger partial charge on any atom is 0.417 e. The van der Waals surface area contributed by atoms with Gasteiger partial charge in [-0.2, -0.15) is 13.2 Å². The largest absolute Gasteiger partial charge is 0.436 e. The average Bonchev–Trinajstić information content (AvgIpc) is 2.57. The van der Waals surface area contributed by atoms with Crippen LogP contribution in [0.5, 0.6) is 11.6 Å². The van der Waals surface area contributed by atoms with E-state index in [4.69, 9.17) is 10.5 Å². The van der Waals surface area contributed by atoms with Crippen molar-refractivity contribution in [2.75, 3.05) is 5.32 Å². The van der Waals surface area contributed by atoms with Gasteiger partial charge in [-0.25, -0.2) is 9.37 Å². The van der Waals surface area contributed by atoms with E-state index in [0.29, 0.717) is 12.6 Å². The molecule has 1 heterocycles. The van der Waals surface area contributed by atoms with Crippen molar-refractivity contribution in [1.29, 1.82) is 0 Å². The molecule has 0 aliphatic heterocycles. The summed E-state index contributed by atoms with van der Waals surface area (Å²) in [6.45, 7) is 1.88. The number of rotatable bonds is 6. The molecule has 11 heteroatoms. The number of hydrogen-bond donors (Lipinski definition) is 2. The number of carbonyl (C=O) groups is 1. The van der Waals surface area contributed by atoms with Gasteiger partial charge in [-0.15, -0.1) is 24.8 Å². The van der Waals surface area contributed by atoms with E-state index in [-0.39, 0.29) is 42.1 Å². The molecule has 2 rings (SSSR count). The summed E-state index contributed by atoms with van der Waals surface area (Å²) in [7, 11) is 0. The molecule has 1 atom stereocenters. The second-order valence-corrected chi connectivity index (χ2v) is 5.51. The molecule has 2 aromatic rings. The number of nitrogens with two attached hydrogens (primary N) is 1. The minimum atomic E-state index is -4.52. The van der Waals surface area contributed by atoms with Gasteiger partial charge in [-0.3, -0.25) is 4.79 Å². The van der Waals surface area contributed by atoms with Crippen molar-refractivity contribution in [2.45, 2.75) is 32.0 Å². The van der Waals surface area contributed by atoms with Gasteiger partial charge in [0, 0.05) is 24.0 Å². The van der Waals surface area contributed by atoms with Crippen LogP contribution in [0.15, 0.2) is 36.5 Å². The van der Waals surface area contributed by atoms with E-state index in [9.17, 15) is 22.4 Å². The van der Waals surface area contributed by atoms with Crippen molar-refractivity contribution in [3.05, 3.63) is 47.9 Å². The zero-order valence-corrected chi connectivity index (χ0v) is 16.3. The number of nitrogens with one attached hydrogen (secondary N) is 1. The van der Waals surface area contributed by atoms with Gasteiger partial charge >= 0.3 is 6.18 Å². The third-order valence-electron chi connectivity index (χ3n) is 3.41. The average molecular weight is 444 g/mol. The Hall–Kier alpha value is -2.10. The summed E-state index contributed by atoms with van der Waals surface area (Å²) in [5, 5.41) is 2.48. The molecule has 3 N–H and O–H groups in total. The third-order valence-corrected chi connectivity index (χ3v) is 3.41. The van der Waals surface area contributed by atoms with Gasteiger partial charge in [0.05, 0.1) is 11.6 Å². The molecule has 0 fully saturated rings. The van der Waals surface area contributed by atoms with Crippen LogP contribution >= 0.6 is 24.8 Å². The number of hydrogen-bond acceptors (Lipinski definition) is 4. The van der Waals surface area contributed by atoms with E-state index in [1.807, 2.05) is 6.92 Å². The predicted octanol–water partition coefficient (Wildman–Crippen LogP) is 4.94. The summed E-state index contributed by atoms with van der Waals surface area (Å²) >= 11 is 0. The van der Waals surface area contributed by atoms with E-state index >= 15 is 0 Å². The van der Waals surface area contributed by atoms with Crippen LogP contribution in [0.25, 0.3) is 0 Å². The lowest BCUT2D eigenvalue weighted by Gasteiger charge is -2.12. The molecule has 0 aliphatic rings. The van der Waals surface area contributed by atoms with Gasteiger partial charge in [0.15, 0.2) is 11.6 Å². The zero-order valence-electron chi connectivity index (χ0n) is 14.6. The van der Waals surface area contributed by atoms with Crippen molar-refractivity contribution in [2.24, 2.45) is 5.73 Å². The summed E-state index contributed by atoms with van der Waals surface area (Å²) in [6, 6.07) is 4.71. The molecule has 5 nitrogen and oxygen atoms in total. The highest BCUT2D eigenvalue weighted by Crippen LogP contribution is 2.31. The number of pyridine rings is 1. The maximum absolute atomic E-state index is 14.1. The maximum atomic E-state index is 14.1. The van der Waals surface area contributed by atoms with Gasteiger partial charge in [0.1, 0.15) is 0 Å². The monoisotopic (exact) mass is 443 g/mol. The van der Waals surface area contributed by atoms with Crippen molar-refractivity contribution in [1.82, 2.24) is 4.98 Å². The smallest absolute Gasteiger partial charge is 0.417 e. The van der Waals surface area contributed by atoms with Crippen molar-refractivity contribution < 1.29 is 27.1 Å². The van der Waals surface area contributed by atoms with E-state index in [0.717, 1.165) is 24.6 Å². The Labute approximate surface area is 171 Å². The third kappa shape index (κ3) is 7.14. The number of aromatic nitrogens is 1. The predicted molar refractivity (Wildman–Crippen MR) is 102 cm³/mol. The summed E-state index contributed by atoms with van der Waals surface area (Å²) < 4.78 is 56.7. The topological polar surface area (TPSA) is 77.2 Å². The van der Waals surface area contributed by atoms with Crippen LogP contribution in [0.3, 0.4) is 0 Å². The first kappa shape index (κ1) is 25.9. The van der Waals surface area contributed by atoms with Crippen LogP contribution in [-0.4, -0.2) is 16.9 Å². The van der Waals surface area contributed by atoms with Crippen molar-refractivity contribution in [3.8, 4) is 11.6 Å². The van der Waals surface area contributed by atoms with Crippen LogP contribution in [0.1, 0.15) is 25.3 Å². The fourth-order valence-electron chi connectivity index (χ4n) is 2.06. The fraction of sp³-hybridized carbons (Fsp3) is 0.294. The molecule has 0 aliphatic carbocycles. The Bertz CT molecular complexity index is 774. The first-order valence-electron chi connectivity index (χ1n) is 7.77. The lowest BCUT2D eigenvalue weighted by molar-refractivity contribution is -0.137. The van der Waals surface area contributed by atoms with Gasteiger partial charge < -0.3 is 15.8 Å². The molecular formula is C17H19Cl2F4N3O2. The van der Waals surface area contributed by atoms with Gasteiger partial charge in [0.2, 0.25) is 11.8 Å². The fourth-order valence-corrected chi connectivity index (χ4v) is 2.06. The molecule has 28 heavy (non-hydrogen) atoms. The Morgan fingerprint density at radius 3 is 2.43 bits per heavy atom. The van der Waals surface area contributed by atoms with Gasteiger partial charge in [0.25, 0.3) is 0 Å². The Balaban J connectivity index is 0.00000364. The van der Waals surface area contributed by atoms with E-state index < -0.39 is 29.5 Å². The number of amides is 1. The first-order chi connectivity index (χ1) is 12.2. The summed E-state index contributed by atoms with van der Waals surface area (Å²) in [6.07, 6.45) is -2.70. The number of halogens is 6. The summed E-state index contributed by atoms with van der Waals surface area (Å²) in [4.78, 5) is 15.3. The normalized spacial score (nSPS) is 11.6. The molecule has 1 unspecified atom stereocenters.